The Labute approximate surface area is 96.2 Å². The summed E-state index contributed by atoms with van der Waals surface area (Å²) in [5, 5.41) is 0.0768. The monoisotopic (exact) mass is 243 g/mol. The first-order valence-electron chi connectivity index (χ1n) is 5.08. The molecule has 1 aromatic rings. The maximum absolute atomic E-state index is 11.7. The number of hydrogen-bond acceptors (Lipinski definition) is 3. The van der Waals surface area contributed by atoms with E-state index in [4.69, 9.17) is 0 Å². The molecule has 0 aliphatic carbocycles. The van der Waals surface area contributed by atoms with Crippen molar-refractivity contribution in [2.24, 2.45) is 7.05 Å². The van der Waals surface area contributed by atoms with Crippen LogP contribution in [0.15, 0.2) is 23.4 Å². The van der Waals surface area contributed by atoms with Crippen molar-refractivity contribution in [1.29, 1.82) is 0 Å². The maximum Gasteiger partial charge on any atom is 0.259 e. The van der Waals surface area contributed by atoms with Gasteiger partial charge in [-0.2, -0.15) is 0 Å². The standard InChI is InChI=1S/C10H17N3O2S/c1-4-5-6-7-11-16(14,15)10-8-13(3)9(2)12-10/h4-5,8,11H,6-7H2,1-3H3/b5-4+. The molecule has 0 amide bonds. The van der Waals surface area contributed by atoms with Gasteiger partial charge < -0.3 is 4.57 Å². The highest BCUT2D eigenvalue weighted by atomic mass is 32.2. The van der Waals surface area contributed by atoms with E-state index in [9.17, 15) is 8.42 Å². The molecule has 0 aliphatic rings. The van der Waals surface area contributed by atoms with Gasteiger partial charge in [0.1, 0.15) is 5.82 Å². The minimum atomic E-state index is -3.46. The van der Waals surface area contributed by atoms with Gasteiger partial charge in [-0.1, -0.05) is 12.2 Å². The topological polar surface area (TPSA) is 64.0 Å². The van der Waals surface area contributed by atoms with Gasteiger partial charge in [0.05, 0.1) is 0 Å². The Balaban J connectivity index is 2.71. The molecule has 16 heavy (non-hydrogen) atoms. The number of imidazole rings is 1. The number of allylic oxidation sites excluding steroid dienone is 1. The lowest BCUT2D eigenvalue weighted by molar-refractivity contribution is 0.578. The smallest absolute Gasteiger partial charge is 0.259 e. The first kappa shape index (κ1) is 12.9. The Hall–Kier alpha value is -1.14. The highest BCUT2D eigenvalue weighted by Crippen LogP contribution is 2.07. The van der Waals surface area contributed by atoms with E-state index in [1.54, 1.807) is 18.5 Å². The van der Waals surface area contributed by atoms with Crippen LogP contribution in [0.4, 0.5) is 0 Å². The molecule has 1 rings (SSSR count). The molecule has 0 radical (unpaired) electrons. The van der Waals surface area contributed by atoms with Crippen LogP contribution >= 0.6 is 0 Å². The zero-order valence-electron chi connectivity index (χ0n) is 9.77. The lowest BCUT2D eigenvalue weighted by Gasteiger charge is -2.01. The van der Waals surface area contributed by atoms with Crippen LogP contribution in [0.5, 0.6) is 0 Å². The summed E-state index contributed by atoms with van der Waals surface area (Å²) in [5.41, 5.74) is 0. The third-order valence-corrected chi connectivity index (χ3v) is 3.53. The number of nitrogens with one attached hydrogen (secondary N) is 1. The second kappa shape index (κ2) is 5.27. The quantitative estimate of drug-likeness (QED) is 0.619. The van der Waals surface area contributed by atoms with E-state index >= 15 is 0 Å². The van der Waals surface area contributed by atoms with E-state index in [0.29, 0.717) is 18.8 Å². The fourth-order valence-corrected chi connectivity index (χ4v) is 2.26. The maximum atomic E-state index is 11.7. The highest BCUT2D eigenvalue weighted by Gasteiger charge is 2.17. The van der Waals surface area contributed by atoms with Crippen LogP contribution in [-0.4, -0.2) is 24.5 Å². The SMILES string of the molecule is C/C=C/CCNS(=O)(=O)c1cn(C)c(C)n1. The average molecular weight is 243 g/mol. The first-order valence-corrected chi connectivity index (χ1v) is 6.56. The fourth-order valence-electron chi connectivity index (χ4n) is 1.17. The van der Waals surface area contributed by atoms with Crippen LogP contribution in [0.2, 0.25) is 0 Å². The average Bonchev–Trinajstić information content (AvgIpc) is 2.55. The van der Waals surface area contributed by atoms with Gasteiger partial charge in [0.15, 0.2) is 5.03 Å². The van der Waals surface area contributed by atoms with E-state index in [-0.39, 0.29) is 5.03 Å². The summed E-state index contributed by atoms with van der Waals surface area (Å²) in [6, 6.07) is 0. The lowest BCUT2D eigenvalue weighted by atomic mass is 10.4. The number of aryl methyl sites for hydroxylation is 2. The third-order valence-electron chi connectivity index (χ3n) is 2.20. The first-order chi connectivity index (χ1) is 7.47. The summed E-state index contributed by atoms with van der Waals surface area (Å²) in [7, 11) is -1.69. The normalized spacial score (nSPS) is 12.4. The van der Waals surface area contributed by atoms with Crippen molar-refractivity contribution < 1.29 is 8.42 Å². The van der Waals surface area contributed by atoms with Crippen LogP contribution in [0.3, 0.4) is 0 Å². The van der Waals surface area contributed by atoms with Crippen molar-refractivity contribution in [1.82, 2.24) is 14.3 Å². The Bertz CT molecular complexity index is 455. The predicted molar refractivity (Wildman–Crippen MR) is 62.6 cm³/mol. The third kappa shape index (κ3) is 3.18. The fraction of sp³-hybridized carbons (Fsp3) is 0.500. The molecule has 0 bridgehead atoms. The zero-order valence-corrected chi connectivity index (χ0v) is 10.6. The predicted octanol–water partition coefficient (Wildman–Crippen LogP) is 0.973. The van der Waals surface area contributed by atoms with E-state index in [1.165, 1.54) is 6.20 Å². The van der Waals surface area contributed by atoms with Crippen molar-refractivity contribution in [3.8, 4) is 0 Å². The number of hydrogen-bond donors (Lipinski definition) is 1. The number of sulfonamides is 1. The number of rotatable bonds is 5. The molecule has 0 spiro atoms. The van der Waals surface area contributed by atoms with E-state index in [0.717, 1.165) is 0 Å². The van der Waals surface area contributed by atoms with Crippen molar-refractivity contribution in [2.75, 3.05) is 6.54 Å². The van der Waals surface area contributed by atoms with Crippen molar-refractivity contribution in [3.63, 3.8) is 0 Å². The van der Waals surface area contributed by atoms with Crippen LogP contribution in [-0.2, 0) is 17.1 Å². The number of aromatic nitrogens is 2. The van der Waals surface area contributed by atoms with Gasteiger partial charge in [-0.15, -0.1) is 0 Å². The molecule has 1 N–H and O–H groups in total. The van der Waals surface area contributed by atoms with Crippen molar-refractivity contribution in [2.45, 2.75) is 25.3 Å². The molecule has 1 heterocycles. The summed E-state index contributed by atoms with van der Waals surface area (Å²) in [6.45, 7) is 4.05. The largest absolute Gasteiger partial charge is 0.337 e. The van der Waals surface area contributed by atoms with Gasteiger partial charge in [0.2, 0.25) is 0 Å². The minimum absolute atomic E-state index is 0.0768. The van der Waals surface area contributed by atoms with Gasteiger partial charge >= 0.3 is 0 Å². The van der Waals surface area contributed by atoms with Crippen molar-refractivity contribution in [3.05, 3.63) is 24.2 Å². The molecule has 6 heteroatoms. The summed E-state index contributed by atoms with van der Waals surface area (Å²) in [5.74, 6) is 0.675. The van der Waals surface area contributed by atoms with Gasteiger partial charge in [-0.25, -0.2) is 18.1 Å². The molecule has 0 atom stereocenters. The summed E-state index contributed by atoms with van der Waals surface area (Å²) < 4.78 is 27.7. The molecule has 90 valence electrons. The van der Waals surface area contributed by atoms with Crippen LogP contribution < -0.4 is 4.72 Å². The Morgan fingerprint density at radius 1 is 1.56 bits per heavy atom. The molecule has 0 unspecified atom stereocenters. The second-order valence-corrected chi connectivity index (χ2v) is 5.21. The Morgan fingerprint density at radius 3 is 2.75 bits per heavy atom. The molecule has 0 saturated heterocycles. The van der Waals surface area contributed by atoms with Gasteiger partial charge in [0, 0.05) is 19.8 Å². The number of nitrogens with zero attached hydrogens (tertiary/aromatic N) is 2. The summed E-state index contributed by atoms with van der Waals surface area (Å²) in [6.07, 6.45) is 5.99. The minimum Gasteiger partial charge on any atom is -0.337 e. The molecular formula is C10H17N3O2S. The van der Waals surface area contributed by atoms with Crippen LogP contribution in [0, 0.1) is 6.92 Å². The molecule has 0 saturated carbocycles. The molecule has 0 aromatic carbocycles. The summed E-state index contributed by atoms with van der Waals surface area (Å²) >= 11 is 0. The van der Waals surface area contributed by atoms with Crippen LogP contribution in [0.25, 0.3) is 0 Å². The molecule has 0 fully saturated rings. The Kier molecular flexibility index (Phi) is 4.26. The van der Waals surface area contributed by atoms with Gasteiger partial charge in [-0.05, 0) is 20.3 Å². The van der Waals surface area contributed by atoms with E-state index in [2.05, 4.69) is 9.71 Å². The van der Waals surface area contributed by atoms with E-state index in [1.807, 2.05) is 19.1 Å². The molecule has 0 aliphatic heterocycles. The van der Waals surface area contributed by atoms with Crippen LogP contribution in [0.1, 0.15) is 19.2 Å². The lowest BCUT2D eigenvalue weighted by Crippen LogP contribution is -2.24. The van der Waals surface area contributed by atoms with E-state index < -0.39 is 10.0 Å². The van der Waals surface area contributed by atoms with Gasteiger partial charge in [-0.3, -0.25) is 0 Å². The Morgan fingerprint density at radius 2 is 2.25 bits per heavy atom. The van der Waals surface area contributed by atoms with Gasteiger partial charge in [0.25, 0.3) is 10.0 Å². The molecular weight excluding hydrogens is 226 g/mol. The van der Waals surface area contributed by atoms with Crippen molar-refractivity contribution >= 4 is 10.0 Å². The second-order valence-electron chi connectivity index (χ2n) is 3.49. The molecule has 5 nitrogen and oxygen atoms in total. The molecule has 1 aromatic heterocycles. The summed E-state index contributed by atoms with van der Waals surface area (Å²) in [4.78, 5) is 3.98. The highest BCUT2D eigenvalue weighted by molar-refractivity contribution is 7.89. The zero-order chi connectivity index (χ0) is 12.2.